The van der Waals surface area contributed by atoms with Gasteiger partial charge in [-0.05, 0) is 26.2 Å². The van der Waals surface area contributed by atoms with E-state index in [1.165, 1.54) is 6.92 Å². The molecule has 1 aliphatic heterocycles. The Kier molecular flexibility index (Phi) is 7.26. The summed E-state index contributed by atoms with van der Waals surface area (Å²) >= 11 is 0. The summed E-state index contributed by atoms with van der Waals surface area (Å²) < 4.78 is 15.3. The predicted molar refractivity (Wildman–Crippen MR) is 78.8 cm³/mol. The molecule has 0 N–H and O–H groups in total. The van der Waals surface area contributed by atoms with Gasteiger partial charge in [0.15, 0.2) is 6.61 Å². The minimum absolute atomic E-state index is 0.182. The first-order chi connectivity index (χ1) is 10.9. The Hall–Kier alpha value is -2.36. The Bertz CT molecular complexity index is 521. The Labute approximate surface area is 135 Å². The molecule has 0 amide bonds. The average molecular weight is 323 g/mol. The van der Waals surface area contributed by atoms with Crippen molar-refractivity contribution >= 4 is 17.9 Å². The summed E-state index contributed by atoms with van der Waals surface area (Å²) in [7, 11) is 0. The van der Waals surface area contributed by atoms with Crippen LogP contribution >= 0.6 is 0 Å². The molecule has 7 heteroatoms. The van der Waals surface area contributed by atoms with E-state index >= 15 is 0 Å². The van der Waals surface area contributed by atoms with Crippen LogP contribution in [-0.2, 0) is 28.6 Å². The molecule has 0 radical (unpaired) electrons. The maximum atomic E-state index is 11.8. The first-order valence-corrected chi connectivity index (χ1v) is 7.51. The Morgan fingerprint density at radius 3 is 2.70 bits per heavy atom. The summed E-state index contributed by atoms with van der Waals surface area (Å²) in [6.07, 6.45) is 0.620. The third-order valence-electron chi connectivity index (χ3n) is 3.39. The molecule has 1 saturated heterocycles. The topological polar surface area (TPSA) is 103 Å². The van der Waals surface area contributed by atoms with Gasteiger partial charge in [-0.15, -0.1) is 0 Å². The van der Waals surface area contributed by atoms with E-state index < -0.39 is 42.6 Å². The molecule has 0 aromatic heterocycles. The molecule has 1 fully saturated rings. The summed E-state index contributed by atoms with van der Waals surface area (Å²) in [5, 5.41) is 8.94. The average Bonchev–Trinajstić information content (AvgIpc) is 2.64. The highest BCUT2D eigenvalue weighted by atomic mass is 16.6. The van der Waals surface area contributed by atoms with Gasteiger partial charge in [-0.25, -0.2) is 9.59 Å². The molecule has 0 aliphatic carbocycles. The van der Waals surface area contributed by atoms with E-state index in [0.29, 0.717) is 12.8 Å². The fraction of sp³-hybridized carbons (Fsp3) is 0.625. The number of esters is 3. The summed E-state index contributed by atoms with van der Waals surface area (Å²) in [6, 6.07) is 1.89. The number of hydrogen-bond donors (Lipinski definition) is 0. The Balaban J connectivity index is 2.65. The van der Waals surface area contributed by atoms with E-state index in [2.05, 4.69) is 6.58 Å². The molecule has 7 nitrogen and oxygen atoms in total. The molecule has 3 unspecified atom stereocenters. The van der Waals surface area contributed by atoms with Crippen molar-refractivity contribution in [2.24, 2.45) is 5.92 Å². The zero-order valence-electron chi connectivity index (χ0n) is 13.4. The van der Waals surface area contributed by atoms with Crippen LogP contribution in [0.5, 0.6) is 0 Å². The van der Waals surface area contributed by atoms with Gasteiger partial charge in [-0.1, -0.05) is 19.9 Å². The van der Waals surface area contributed by atoms with Crippen molar-refractivity contribution in [1.29, 1.82) is 5.26 Å². The zero-order valence-corrected chi connectivity index (χ0v) is 13.4. The molecule has 1 heterocycles. The lowest BCUT2D eigenvalue weighted by Crippen LogP contribution is -2.34. The van der Waals surface area contributed by atoms with Crippen LogP contribution in [0.15, 0.2) is 12.2 Å². The van der Waals surface area contributed by atoms with Gasteiger partial charge in [0.25, 0.3) is 0 Å². The third-order valence-corrected chi connectivity index (χ3v) is 3.39. The van der Waals surface area contributed by atoms with Crippen molar-refractivity contribution in [2.45, 2.75) is 51.7 Å². The van der Waals surface area contributed by atoms with E-state index in [-0.39, 0.29) is 12.0 Å². The molecule has 0 aromatic carbocycles. The molecule has 0 aromatic rings. The molecule has 0 spiro atoms. The molecule has 0 saturated carbocycles. The van der Waals surface area contributed by atoms with Crippen LogP contribution in [0.1, 0.15) is 39.5 Å². The molecular formula is C16H21NO6. The van der Waals surface area contributed by atoms with Crippen molar-refractivity contribution in [3.8, 4) is 6.07 Å². The second-order valence-corrected chi connectivity index (χ2v) is 5.41. The summed E-state index contributed by atoms with van der Waals surface area (Å²) in [4.78, 5) is 34.8. The van der Waals surface area contributed by atoms with Crippen LogP contribution in [0.4, 0.5) is 0 Å². The van der Waals surface area contributed by atoms with Crippen LogP contribution in [0.25, 0.3) is 0 Å². The lowest BCUT2D eigenvalue weighted by molar-refractivity contribution is -0.171. The third kappa shape index (κ3) is 5.74. The number of ether oxygens (including phenoxy) is 3. The van der Waals surface area contributed by atoms with E-state index in [1.807, 2.05) is 13.0 Å². The highest BCUT2D eigenvalue weighted by molar-refractivity contribution is 5.88. The maximum Gasteiger partial charge on any atom is 0.344 e. The van der Waals surface area contributed by atoms with Crippen molar-refractivity contribution in [1.82, 2.24) is 0 Å². The van der Waals surface area contributed by atoms with E-state index in [0.717, 1.165) is 6.42 Å². The van der Waals surface area contributed by atoms with Crippen LogP contribution in [0.2, 0.25) is 0 Å². The van der Waals surface area contributed by atoms with Gasteiger partial charge in [-0.3, -0.25) is 4.79 Å². The van der Waals surface area contributed by atoms with E-state index in [1.54, 1.807) is 0 Å². The minimum Gasteiger partial charge on any atom is -0.457 e. The standard InChI is InChI=1S/C16H21NO6/c1-4-5-12-13(7-6-11(8-17)16(20)23-12)22-14(18)9-21-15(19)10(2)3/h11-13H,2,4-7,9H2,1,3H3. The smallest absolute Gasteiger partial charge is 0.344 e. The van der Waals surface area contributed by atoms with Crippen molar-refractivity contribution < 1.29 is 28.6 Å². The SMILES string of the molecule is C=C(C)C(=O)OCC(=O)OC1CCC(C#N)C(=O)OC1CCC. The summed E-state index contributed by atoms with van der Waals surface area (Å²) in [5.74, 6) is -2.83. The van der Waals surface area contributed by atoms with Gasteiger partial charge in [0.1, 0.15) is 18.1 Å². The fourth-order valence-electron chi connectivity index (χ4n) is 2.17. The van der Waals surface area contributed by atoms with Gasteiger partial charge in [0.2, 0.25) is 0 Å². The van der Waals surface area contributed by atoms with Gasteiger partial charge in [0, 0.05) is 5.57 Å². The monoisotopic (exact) mass is 323 g/mol. The highest BCUT2D eigenvalue weighted by Gasteiger charge is 2.35. The second-order valence-electron chi connectivity index (χ2n) is 5.41. The minimum atomic E-state index is -0.848. The van der Waals surface area contributed by atoms with Gasteiger partial charge in [0.05, 0.1) is 6.07 Å². The maximum absolute atomic E-state index is 11.8. The fourth-order valence-corrected chi connectivity index (χ4v) is 2.17. The molecule has 1 rings (SSSR count). The molecular weight excluding hydrogens is 302 g/mol. The van der Waals surface area contributed by atoms with Gasteiger partial charge < -0.3 is 14.2 Å². The molecule has 1 aliphatic rings. The van der Waals surface area contributed by atoms with Crippen molar-refractivity contribution in [3.05, 3.63) is 12.2 Å². The lowest BCUT2D eigenvalue weighted by atomic mass is 10.0. The number of rotatable bonds is 6. The van der Waals surface area contributed by atoms with E-state index in [9.17, 15) is 14.4 Å². The number of cyclic esters (lactones) is 1. The Morgan fingerprint density at radius 1 is 1.43 bits per heavy atom. The number of carbonyl (C=O) groups excluding carboxylic acids is 3. The highest BCUT2D eigenvalue weighted by Crippen LogP contribution is 2.25. The Morgan fingerprint density at radius 2 is 2.13 bits per heavy atom. The van der Waals surface area contributed by atoms with Crippen molar-refractivity contribution in [3.63, 3.8) is 0 Å². The lowest BCUT2D eigenvalue weighted by Gasteiger charge is -2.24. The number of nitriles is 1. The van der Waals surface area contributed by atoms with Crippen molar-refractivity contribution in [2.75, 3.05) is 6.61 Å². The van der Waals surface area contributed by atoms with Gasteiger partial charge >= 0.3 is 17.9 Å². The molecule has 126 valence electrons. The van der Waals surface area contributed by atoms with E-state index in [4.69, 9.17) is 19.5 Å². The quantitative estimate of drug-likeness (QED) is 0.416. The summed E-state index contributed by atoms with van der Waals surface area (Å²) in [5.41, 5.74) is 0.182. The van der Waals surface area contributed by atoms with Crippen LogP contribution in [-0.4, -0.2) is 36.7 Å². The molecule has 3 atom stereocenters. The first-order valence-electron chi connectivity index (χ1n) is 7.51. The van der Waals surface area contributed by atoms with Gasteiger partial charge in [-0.2, -0.15) is 5.26 Å². The zero-order chi connectivity index (χ0) is 17.4. The summed E-state index contributed by atoms with van der Waals surface area (Å²) in [6.45, 7) is 6.26. The first kappa shape index (κ1) is 18.7. The van der Waals surface area contributed by atoms with Crippen LogP contribution in [0, 0.1) is 17.2 Å². The van der Waals surface area contributed by atoms with Crippen LogP contribution < -0.4 is 0 Å². The number of nitrogens with zero attached hydrogens (tertiary/aromatic N) is 1. The number of hydrogen-bond acceptors (Lipinski definition) is 7. The normalized spacial score (nSPS) is 23.9. The largest absolute Gasteiger partial charge is 0.457 e. The van der Waals surface area contributed by atoms with Crippen LogP contribution in [0.3, 0.4) is 0 Å². The predicted octanol–water partition coefficient (Wildman–Crippen LogP) is 1.66. The number of carbonyl (C=O) groups is 3. The molecule has 23 heavy (non-hydrogen) atoms. The molecule has 0 bridgehead atoms. The second kappa shape index (κ2) is 8.93.